The molecule has 2 rings (SSSR count). The van der Waals surface area contributed by atoms with Gasteiger partial charge in [0.2, 0.25) is 0 Å². The first kappa shape index (κ1) is 12.7. The molecule has 0 heterocycles. The van der Waals surface area contributed by atoms with Gasteiger partial charge in [-0.1, -0.05) is 42.5 Å². The highest BCUT2D eigenvalue weighted by Gasteiger charge is 2.07. The lowest BCUT2D eigenvalue weighted by atomic mass is 10.1. The van der Waals surface area contributed by atoms with Crippen molar-refractivity contribution in [2.75, 3.05) is 6.61 Å². The Hall–Kier alpha value is -1.71. The highest BCUT2D eigenvalue weighted by Crippen LogP contribution is 2.14. The Kier molecular flexibility index (Phi) is 4.45. The molecule has 2 aromatic carbocycles. The molecule has 0 saturated heterocycles. The molecular weight excluding hydrogens is 231 g/mol. The van der Waals surface area contributed by atoms with Crippen molar-refractivity contribution in [2.24, 2.45) is 0 Å². The molecule has 94 valence electrons. The maximum absolute atomic E-state index is 12.7. The van der Waals surface area contributed by atoms with E-state index in [9.17, 15) is 9.50 Å². The number of hydrogen-bond acceptors (Lipinski definition) is 2. The van der Waals surface area contributed by atoms with Gasteiger partial charge in [-0.15, -0.1) is 0 Å². The molecule has 1 N–H and O–H groups in total. The van der Waals surface area contributed by atoms with Crippen LogP contribution in [0.25, 0.3) is 0 Å². The van der Waals surface area contributed by atoms with Crippen LogP contribution in [-0.4, -0.2) is 11.7 Å². The van der Waals surface area contributed by atoms with Gasteiger partial charge in [0.05, 0.1) is 13.2 Å². The van der Waals surface area contributed by atoms with Crippen molar-refractivity contribution in [2.45, 2.75) is 12.7 Å². The molecule has 0 bridgehead atoms. The molecule has 1 atom stereocenters. The van der Waals surface area contributed by atoms with Gasteiger partial charge in [-0.2, -0.15) is 0 Å². The summed E-state index contributed by atoms with van der Waals surface area (Å²) in [5.74, 6) is -0.309. The summed E-state index contributed by atoms with van der Waals surface area (Å²) < 4.78 is 18.1. The van der Waals surface area contributed by atoms with Crippen molar-refractivity contribution in [3.8, 4) is 0 Å². The molecule has 0 radical (unpaired) electrons. The third-order valence-corrected chi connectivity index (χ3v) is 2.64. The summed E-state index contributed by atoms with van der Waals surface area (Å²) in [6.07, 6.45) is -0.727. The maximum atomic E-state index is 12.7. The van der Waals surface area contributed by atoms with Crippen LogP contribution in [0.3, 0.4) is 0 Å². The second kappa shape index (κ2) is 6.28. The van der Waals surface area contributed by atoms with Crippen molar-refractivity contribution in [1.82, 2.24) is 0 Å². The Morgan fingerprint density at radius 1 is 1.00 bits per heavy atom. The largest absolute Gasteiger partial charge is 0.386 e. The Morgan fingerprint density at radius 3 is 2.33 bits per heavy atom. The zero-order valence-electron chi connectivity index (χ0n) is 9.92. The van der Waals surface area contributed by atoms with E-state index in [0.29, 0.717) is 12.2 Å². The number of halogens is 1. The highest BCUT2D eigenvalue weighted by molar-refractivity contribution is 5.18. The van der Waals surface area contributed by atoms with Crippen molar-refractivity contribution < 1.29 is 14.2 Å². The van der Waals surface area contributed by atoms with E-state index >= 15 is 0 Å². The second-order valence-electron chi connectivity index (χ2n) is 4.07. The predicted octanol–water partition coefficient (Wildman–Crippen LogP) is 3.08. The molecule has 2 nitrogen and oxygen atoms in total. The fourth-order valence-corrected chi connectivity index (χ4v) is 1.64. The van der Waals surface area contributed by atoms with Gasteiger partial charge >= 0.3 is 0 Å². The summed E-state index contributed by atoms with van der Waals surface area (Å²) in [5.41, 5.74) is 1.72. The van der Waals surface area contributed by atoms with Crippen molar-refractivity contribution in [3.05, 3.63) is 71.5 Å². The third kappa shape index (κ3) is 3.65. The van der Waals surface area contributed by atoms with Crippen LogP contribution in [0.4, 0.5) is 4.39 Å². The van der Waals surface area contributed by atoms with E-state index in [4.69, 9.17) is 4.74 Å². The minimum atomic E-state index is -0.727. The van der Waals surface area contributed by atoms with Crippen molar-refractivity contribution >= 4 is 0 Å². The summed E-state index contributed by atoms with van der Waals surface area (Å²) in [6.45, 7) is 0.652. The lowest BCUT2D eigenvalue weighted by Crippen LogP contribution is -2.07. The molecule has 0 aliphatic heterocycles. The highest BCUT2D eigenvalue weighted by atomic mass is 19.1. The topological polar surface area (TPSA) is 29.5 Å². The average molecular weight is 246 g/mol. The van der Waals surface area contributed by atoms with Crippen LogP contribution in [0.15, 0.2) is 54.6 Å². The van der Waals surface area contributed by atoms with Gasteiger partial charge in [-0.3, -0.25) is 0 Å². The number of ether oxygens (including phenoxy) is 1. The number of hydrogen-bond donors (Lipinski definition) is 1. The third-order valence-electron chi connectivity index (χ3n) is 2.64. The molecule has 2 aromatic rings. The van der Waals surface area contributed by atoms with E-state index in [0.717, 1.165) is 5.56 Å². The minimum Gasteiger partial charge on any atom is -0.386 e. The summed E-state index contributed by atoms with van der Waals surface area (Å²) in [4.78, 5) is 0. The van der Waals surface area contributed by atoms with Crippen LogP contribution in [0, 0.1) is 5.82 Å². The smallest absolute Gasteiger partial charge is 0.123 e. The normalized spacial score (nSPS) is 12.3. The van der Waals surface area contributed by atoms with E-state index in [1.54, 1.807) is 12.1 Å². The van der Waals surface area contributed by atoms with E-state index < -0.39 is 6.10 Å². The van der Waals surface area contributed by atoms with Crippen LogP contribution < -0.4 is 0 Å². The summed E-state index contributed by atoms with van der Waals surface area (Å²) in [7, 11) is 0. The van der Waals surface area contributed by atoms with Crippen LogP contribution in [0.2, 0.25) is 0 Å². The Bertz CT molecular complexity index is 468. The van der Waals surface area contributed by atoms with Gasteiger partial charge in [0.1, 0.15) is 11.9 Å². The first-order valence-electron chi connectivity index (χ1n) is 5.81. The molecular formula is C15H15FO2. The van der Waals surface area contributed by atoms with Gasteiger partial charge < -0.3 is 9.84 Å². The minimum absolute atomic E-state index is 0.195. The Morgan fingerprint density at radius 2 is 1.67 bits per heavy atom. The lowest BCUT2D eigenvalue weighted by Gasteiger charge is -2.11. The molecule has 3 heteroatoms. The van der Waals surface area contributed by atoms with E-state index in [1.165, 1.54) is 12.1 Å². The molecule has 0 spiro atoms. The Balaban J connectivity index is 1.81. The standard InChI is InChI=1S/C15H15FO2/c16-14-8-6-13(7-9-14)15(17)11-18-10-12-4-2-1-3-5-12/h1-9,15,17H,10-11H2. The zero-order valence-corrected chi connectivity index (χ0v) is 9.92. The molecule has 18 heavy (non-hydrogen) atoms. The van der Waals surface area contributed by atoms with E-state index in [1.807, 2.05) is 30.3 Å². The molecule has 0 aromatic heterocycles. The van der Waals surface area contributed by atoms with Gasteiger partial charge in [0.15, 0.2) is 0 Å². The quantitative estimate of drug-likeness (QED) is 0.878. The molecule has 0 amide bonds. The zero-order chi connectivity index (χ0) is 12.8. The average Bonchev–Trinajstić information content (AvgIpc) is 2.40. The maximum Gasteiger partial charge on any atom is 0.123 e. The van der Waals surface area contributed by atoms with Crippen LogP contribution in [0.1, 0.15) is 17.2 Å². The van der Waals surface area contributed by atoms with Gasteiger partial charge in [-0.25, -0.2) is 4.39 Å². The fraction of sp³-hybridized carbons (Fsp3) is 0.200. The molecule has 1 unspecified atom stereocenters. The van der Waals surface area contributed by atoms with Gasteiger partial charge in [0, 0.05) is 0 Å². The van der Waals surface area contributed by atoms with Crippen LogP contribution >= 0.6 is 0 Å². The molecule has 0 fully saturated rings. The number of rotatable bonds is 5. The predicted molar refractivity (Wildman–Crippen MR) is 67.5 cm³/mol. The lowest BCUT2D eigenvalue weighted by molar-refractivity contribution is 0.0277. The summed E-state index contributed by atoms with van der Waals surface area (Å²) in [6, 6.07) is 15.5. The fourth-order valence-electron chi connectivity index (χ4n) is 1.64. The first-order valence-corrected chi connectivity index (χ1v) is 5.81. The van der Waals surface area contributed by atoms with E-state index in [2.05, 4.69) is 0 Å². The Labute approximate surface area is 106 Å². The van der Waals surface area contributed by atoms with E-state index in [-0.39, 0.29) is 12.4 Å². The number of aliphatic hydroxyl groups excluding tert-OH is 1. The number of benzene rings is 2. The second-order valence-corrected chi connectivity index (χ2v) is 4.07. The number of aliphatic hydroxyl groups is 1. The first-order chi connectivity index (χ1) is 8.75. The van der Waals surface area contributed by atoms with Gasteiger partial charge in [-0.05, 0) is 23.3 Å². The SMILES string of the molecule is OC(COCc1ccccc1)c1ccc(F)cc1. The van der Waals surface area contributed by atoms with Crippen LogP contribution in [0.5, 0.6) is 0 Å². The molecule has 0 aliphatic rings. The van der Waals surface area contributed by atoms with Gasteiger partial charge in [0.25, 0.3) is 0 Å². The molecule has 0 aliphatic carbocycles. The summed E-state index contributed by atoms with van der Waals surface area (Å²) in [5, 5.41) is 9.84. The summed E-state index contributed by atoms with van der Waals surface area (Å²) >= 11 is 0. The monoisotopic (exact) mass is 246 g/mol. The van der Waals surface area contributed by atoms with Crippen LogP contribution in [-0.2, 0) is 11.3 Å². The van der Waals surface area contributed by atoms with Crippen molar-refractivity contribution in [1.29, 1.82) is 0 Å². The van der Waals surface area contributed by atoms with Crippen molar-refractivity contribution in [3.63, 3.8) is 0 Å². The molecule has 0 saturated carbocycles.